The van der Waals surface area contributed by atoms with Crippen molar-refractivity contribution in [3.8, 4) is 0 Å². The van der Waals surface area contributed by atoms with Crippen LogP contribution in [0.5, 0.6) is 0 Å². The van der Waals surface area contributed by atoms with Crippen LogP contribution >= 0.6 is 12.4 Å². The summed E-state index contributed by atoms with van der Waals surface area (Å²) in [5.41, 5.74) is 5.36. The molecule has 1 fully saturated rings. The van der Waals surface area contributed by atoms with Crippen molar-refractivity contribution in [2.45, 2.75) is 38.0 Å². The highest BCUT2D eigenvalue weighted by molar-refractivity contribution is 7.89. The summed E-state index contributed by atoms with van der Waals surface area (Å²) in [5.74, 6) is 0.0546. The third-order valence-corrected chi connectivity index (χ3v) is 7.23. The molecule has 1 aromatic rings. The lowest BCUT2D eigenvalue weighted by atomic mass is 9.81. The second kappa shape index (κ2) is 9.69. The van der Waals surface area contributed by atoms with Crippen molar-refractivity contribution < 1.29 is 13.2 Å². The second-order valence-corrected chi connectivity index (χ2v) is 8.49. The average molecular weight is 404 g/mol. The van der Waals surface area contributed by atoms with Crippen LogP contribution in [0.15, 0.2) is 35.2 Å². The molecule has 0 unspecified atom stereocenters. The summed E-state index contributed by atoms with van der Waals surface area (Å²) in [5, 5.41) is 0. The Kier molecular flexibility index (Phi) is 8.53. The molecule has 0 atom stereocenters. The van der Waals surface area contributed by atoms with Crippen molar-refractivity contribution >= 4 is 28.3 Å². The van der Waals surface area contributed by atoms with Gasteiger partial charge in [0.15, 0.2) is 0 Å². The minimum atomic E-state index is -3.52. The monoisotopic (exact) mass is 403 g/mol. The van der Waals surface area contributed by atoms with E-state index in [1.54, 1.807) is 35.2 Å². The average Bonchev–Trinajstić information content (AvgIpc) is 2.91. The van der Waals surface area contributed by atoms with Crippen molar-refractivity contribution in [2.75, 3.05) is 32.7 Å². The molecule has 1 aliphatic rings. The maximum Gasteiger partial charge on any atom is 0.243 e. The van der Waals surface area contributed by atoms with Gasteiger partial charge in [-0.2, -0.15) is 4.31 Å². The Balaban J connectivity index is 0.00000338. The van der Waals surface area contributed by atoms with E-state index in [1.165, 1.54) is 4.31 Å². The number of benzene rings is 1. The van der Waals surface area contributed by atoms with E-state index in [0.717, 1.165) is 0 Å². The number of nitrogens with zero attached hydrogens (tertiary/aromatic N) is 2. The van der Waals surface area contributed by atoms with Crippen molar-refractivity contribution in [1.82, 2.24) is 9.21 Å². The highest BCUT2D eigenvalue weighted by Crippen LogP contribution is 2.28. The van der Waals surface area contributed by atoms with E-state index in [-0.39, 0.29) is 18.3 Å². The number of carbonyl (C=O) groups is 1. The van der Waals surface area contributed by atoms with Crippen LogP contribution in [0.25, 0.3) is 0 Å². The summed E-state index contributed by atoms with van der Waals surface area (Å²) in [6, 6.07) is 8.45. The van der Waals surface area contributed by atoms with Gasteiger partial charge in [0.25, 0.3) is 0 Å². The van der Waals surface area contributed by atoms with E-state index in [2.05, 4.69) is 0 Å². The molecule has 148 valence electrons. The van der Waals surface area contributed by atoms with Gasteiger partial charge in [0.2, 0.25) is 15.9 Å². The van der Waals surface area contributed by atoms with Crippen LogP contribution in [-0.2, 0) is 14.8 Å². The Morgan fingerprint density at radius 2 is 1.69 bits per heavy atom. The van der Waals surface area contributed by atoms with E-state index in [1.807, 2.05) is 13.8 Å². The van der Waals surface area contributed by atoms with Crippen LogP contribution in [0, 0.1) is 5.41 Å². The molecule has 1 heterocycles. The molecule has 0 radical (unpaired) electrons. The number of amides is 1. The number of nitrogens with two attached hydrogens (primary N) is 1. The lowest BCUT2D eigenvalue weighted by molar-refractivity contribution is -0.142. The van der Waals surface area contributed by atoms with Crippen molar-refractivity contribution in [3.63, 3.8) is 0 Å². The molecule has 2 N–H and O–H groups in total. The Morgan fingerprint density at radius 3 is 2.23 bits per heavy atom. The van der Waals surface area contributed by atoms with Crippen LogP contribution in [0.4, 0.5) is 0 Å². The number of hydrogen-bond donors (Lipinski definition) is 1. The first-order valence-electron chi connectivity index (χ1n) is 8.96. The first-order chi connectivity index (χ1) is 11.9. The molecule has 26 heavy (non-hydrogen) atoms. The van der Waals surface area contributed by atoms with Crippen molar-refractivity contribution in [3.05, 3.63) is 30.3 Å². The molecule has 1 aromatic carbocycles. The van der Waals surface area contributed by atoms with Crippen molar-refractivity contribution in [2.24, 2.45) is 11.1 Å². The standard InChI is InChI=1S/C18H29N3O3S.ClH/c1-3-18(4-2,15-19)17(22)20-11-8-12-21(14-13-20)25(23,24)16-9-6-5-7-10-16;/h5-7,9-10H,3-4,8,11-15,19H2,1-2H3;1H. The Labute approximate surface area is 163 Å². The number of sulfonamides is 1. The molecule has 1 amide bonds. The zero-order valence-corrected chi connectivity index (χ0v) is 17.2. The summed E-state index contributed by atoms with van der Waals surface area (Å²) in [7, 11) is -3.52. The fourth-order valence-electron chi connectivity index (χ4n) is 3.34. The van der Waals surface area contributed by atoms with Gasteiger partial charge >= 0.3 is 0 Å². The molecule has 0 bridgehead atoms. The molecule has 0 aliphatic carbocycles. The van der Waals surface area contributed by atoms with Crippen LogP contribution in [0.2, 0.25) is 0 Å². The highest BCUT2D eigenvalue weighted by atomic mass is 35.5. The van der Waals surface area contributed by atoms with Gasteiger partial charge in [-0.05, 0) is 31.4 Å². The van der Waals surface area contributed by atoms with Gasteiger partial charge in [0, 0.05) is 32.7 Å². The molecule has 8 heteroatoms. The van der Waals surface area contributed by atoms with E-state index in [9.17, 15) is 13.2 Å². The van der Waals surface area contributed by atoms with Gasteiger partial charge in [-0.3, -0.25) is 4.79 Å². The third-order valence-electron chi connectivity index (χ3n) is 5.32. The van der Waals surface area contributed by atoms with Gasteiger partial charge in [-0.1, -0.05) is 32.0 Å². The van der Waals surface area contributed by atoms with Crippen LogP contribution in [-0.4, -0.2) is 56.3 Å². The topological polar surface area (TPSA) is 83.7 Å². The predicted molar refractivity (Wildman–Crippen MR) is 106 cm³/mol. The van der Waals surface area contributed by atoms with Crippen molar-refractivity contribution in [1.29, 1.82) is 0 Å². The molecule has 0 saturated carbocycles. The van der Waals surface area contributed by atoms with Crippen LogP contribution < -0.4 is 5.73 Å². The molecular weight excluding hydrogens is 374 g/mol. The first kappa shape index (κ1) is 22.9. The molecule has 1 aliphatic heterocycles. The summed E-state index contributed by atoms with van der Waals surface area (Å²) in [4.78, 5) is 15.1. The molecule has 6 nitrogen and oxygen atoms in total. The highest BCUT2D eigenvalue weighted by Gasteiger charge is 2.38. The summed E-state index contributed by atoms with van der Waals surface area (Å²) in [6.07, 6.45) is 2.02. The predicted octanol–water partition coefficient (Wildman–Crippen LogP) is 2.10. The number of rotatable bonds is 6. The zero-order chi connectivity index (χ0) is 18.5. The Hall–Kier alpha value is -1.15. The van der Waals surface area contributed by atoms with E-state index in [4.69, 9.17) is 5.73 Å². The SMILES string of the molecule is CCC(CC)(CN)C(=O)N1CCCN(S(=O)(=O)c2ccccc2)CC1.Cl. The maximum atomic E-state index is 13.0. The zero-order valence-electron chi connectivity index (χ0n) is 15.6. The third kappa shape index (κ3) is 4.57. The van der Waals surface area contributed by atoms with E-state index >= 15 is 0 Å². The molecule has 2 rings (SSSR count). The van der Waals surface area contributed by atoms with Crippen LogP contribution in [0.1, 0.15) is 33.1 Å². The Bertz CT molecular complexity index is 670. The molecule has 1 saturated heterocycles. The summed E-state index contributed by atoms with van der Waals surface area (Å²) in [6.45, 7) is 6.01. The van der Waals surface area contributed by atoms with E-state index in [0.29, 0.717) is 56.9 Å². The summed E-state index contributed by atoms with van der Waals surface area (Å²) < 4.78 is 27.1. The largest absolute Gasteiger partial charge is 0.341 e. The number of carbonyl (C=O) groups excluding carboxylic acids is 1. The number of halogens is 1. The van der Waals surface area contributed by atoms with Gasteiger partial charge < -0.3 is 10.6 Å². The Morgan fingerprint density at radius 1 is 1.08 bits per heavy atom. The molecular formula is C18H30ClN3O3S. The van der Waals surface area contributed by atoms with Gasteiger partial charge in [-0.25, -0.2) is 8.42 Å². The second-order valence-electron chi connectivity index (χ2n) is 6.55. The quantitative estimate of drug-likeness (QED) is 0.788. The minimum absolute atomic E-state index is 0. The maximum absolute atomic E-state index is 13.0. The number of hydrogen-bond acceptors (Lipinski definition) is 4. The fraction of sp³-hybridized carbons (Fsp3) is 0.611. The lowest BCUT2D eigenvalue weighted by Crippen LogP contribution is -2.48. The van der Waals surface area contributed by atoms with Crippen LogP contribution in [0.3, 0.4) is 0 Å². The smallest absolute Gasteiger partial charge is 0.243 e. The van der Waals surface area contributed by atoms with Gasteiger partial charge in [0.05, 0.1) is 10.3 Å². The normalized spacial score (nSPS) is 16.7. The fourth-order valence-corrected chi connectivity index (χ4v) is 4.83. The molecule has 0 aromatic heterocycles. The van der Waals surface area contributed by atoms with Gasteiger partial charge in [-0.15, -0.1) is 12.4 Å². The minimum Gasteiger partial charge on any atom is -0.341 e. The van der Waals surface area contributed by atoms with Gasteiger partial charge in [0.1, 0.15) is 0 Å². The first-order valence-corrected chi connectivity index (χ1v) is 10.4. The summed E-state index contributed by atoms with van der Waals surface area (Å²) >= 11 is 0. The lowest BCUT2D eigenvalue weighted by Gasteiger charge is -2.34. The molecule has 0 spiro atoms. The van der Waals surface area contributed by atoms with E-state index < -0.39 is 15.4 Å².